The van der Waals surface area contributed by atoms with Crippen molar-refractivity contribution < 1.29 is 14.3 Å². The number of hydrogen-bond acceptors (Lipinski definition) is 4. The van der Waals surface area contributed by atoms with E-state index in [0.717, 1.165) is 23.4 Å². The number of amides is 1. The smallest absolute Gasteiger partial charge is 0.337 e. The van der Waals surface area contributed by atoms with Crippen molar-refractivity contribution in [3.05, 3.63) is 46.8 Å². The number of carbonyl (C=O) groups is 2. The molecule has 1 aliphatic heterocycles. The zero-order valence-corrected chi connectivity index (χ0v) is 16.0. The summed E-state index contributed by atoms with van der Waals surface area (Å²) >= 11 is 0. The summed E-state index contributed by atoms with van der Waals surface area (Å²) in [6.45, 7) is 14.6. The topological polar surface area (TPSA) is 67.4 Å². The van der Waals surface area contributed by atoms with Crippen molar-refractivity contribution in [3.8, 4) is 0 Å². The molecule has 1 unspecified atom stereocenters. The molecule has 0 spiro atoms. The van der Waals surface area contributed by atoms with E-state index < -0.39 is 5.97 Å². The van der Waals surface area contributed by atoms with Crippen LogP contribution in [-0.4, -0.2) is 25.0 Å². The van der Waals surface area contributed by atoms with Gasteiger partial charge in [-0.25, -0.2) is 4.79 Å². The number of likely N-dealkylation sites (N-methyl/N-ethyl adjacent to an activating group) is 1. The van der Waals surface area contributed by atoms with Crippen LogP contribution in [0, 0.1) is 5.92 Å². The third-order valence-corrected chi connectivity index (χ3v) is 4.14. The summed E-state index contributed by atoms with van der Waals surface area (Å²) in [4.78, 5) is 24.4. The van der Waals surface area contributed by atoms with Gasteiger partial charge in [0.1, 0.15) is 0 Å². The molecule has 0 aromatic carbocycles. The van der Waals surface area contributed by atoms with E-state index in [9.17, 15) is 9.59 Å². The highest BCUT2D eigenvalue weighted by molar-refractivity contribution is 5.99. The molecule has 1 aliphatic rings. The first-order valence-electron chi connectivity index (χ1n) is 8.93. The molecule has 0 bridgehead atoms. The van der Waals surface area contributed by atoms with Gasteiger partial charge in [0.15, 0.2) is 0 Å². The van der Waals surface area contributed by atoms with E-state index >= 15 is 0 Å². The monoisotopic (exact) mass is 346 g/mol. The van der Waals surface area contributed by atoms with E-state index in [1.807, 2.05) is 39.8 Å². The Kier molecular flexibility index (Phi) is 8.19. The van der Waals surface area contributed by atoms with Crippen LogP contribution in [-0.2, 0) is 14.3 Å². The minimum Gasteiger partial charge on any atom is -0.462 e. The second-order valence-electron chi connectivity index (χ2n) is 5.89. The summed E-state index contributed by atoms with van der Waals surface area (Å²) in [5, 5.41) is 6.16. The minimum absolute atomic E-state index is 0.00936. The Morgan fingerprint density at radius 2 is 2.04 bits per heavy atom. The van der Waals surface area contributed by atoms with E-state index in [4.69, 9.17) is 4.74 Å². The molecule has 5 heteroatoms. The molecule has 2 N–H and O–H groups in total. The molecule has 1 atom stereocenters. The normalized spacial score (nSPS) is 21.2. The van der Waals surface area contributed by atoms with Gasteiger partial charge < -0.3 is 15.4 Å². The van der Waals surface area contributed by atoms with Crippen LogP contribution >= 0.6 is 0 Å². The van der Waals surface area contributed by atoms with Crippen molar-refractivity contribution in [1.29, 1.82) is 0 Å². The molecular formula is C20H30N2O3. The minimum atomic E-state index is -0.419. The van der Waals surface area contributed by atoms with Crippen LogP contribution in [0.25, 0.3) is 0 Å². The molecule has 1 amide bonds. The molecule has 138 valence electrons. The Labute approximate surface area is 150 Å². The van der Waals surface area contributed by atoms with Crippen LogP contribution in [0.1, 0.15) is 47.5 Å². The third kappa shape index (κ3) is 5.08. The van der Waals surface area contributed by atoms with Gasteiger partial charge in [0.05, 0.1) is 12.2 Å². The van der Waals surface area contributed by atoms with Crippen LogP contribution in [0.4, 0.5) is 0 Å². The van der Waals surface area contributed by atoms with Crippen LogP contribution in [0.5, 0.6) is 0 Å². The Bertz CT molecular complexity index is 627. The van der Waals surface area contributed by atoms with Crippen molar-refractivity contribution >= 4 is 11.9 Å². The molecule has 0 saturated carbocycles. The summed E-state index contributed by atoms with van der Waals surface area (Å²) in [7, 11) is 0. The van der Waals surface area contributed by atoms with Crippen molar-refractivity contribution in [2.24, 2.45) is 5.92 Å². The van der Waals surface area contributed by atoms with Crippen molar-refractivity contribution in [2.45, 2.75) is 47.5 Å². The first-order valence-corrected chi connectivity index (χ1v) is 8.93. The lowest BCUT2D eigenvalue weighted by Crippen LogP contribution is -2.19. The van der Waals surface area contributed by atoms with Crippen LogP contribution in [0.2, 0.25) is 0 Å². The zero-order valence-electron chi connectivity index (χ0n) is 16.0. The number of rotatable bonds is 8. The van der Waals surface area contributed by atoms with Crippen LogP contribution in [0.3, 0.4) is 0 Å². The lowest BCUT2D eigenvalue weighted by Gasteiger charge is -2.16. The predicted molar refractivity (Wildman–Crippen MR) is 101 cm³/mol. The Morgan fingerprint density at radius 3 is 2.52 bits per heavy atom. The highest BCUT2D eigenvalue weighted by Gasteiger charge is 2.29. The Balaban J connectivity index is 3.38. The van der Waals surface area contributed by atoms with Gasteiger partial charge >= 0.3 is 5.97 Å². The van der Waals surface area contributed by atoms with Crippen molar-refractivity contribution in [1.82, 2.24) is 10.6 Å². The number of nitrogens with one attached hydrogen (secondary N) is 2. The first kappa shape index (κ1) is 20.7. The fraction of sp³-hybridized carbons (Fsp3) is 0.500. The second kappa shape index (κ2) is 9.87. The number of carbonyl (C=O) groups excluding carboxylic acids is 2. The molecule has 0 aromatic rings. The van der Waals surface area contributed by atoms with E-state index in [-0.39, 0.29) is 11.8 Å². The molecule has 1 saturated heterocycles. The molecule has 0 aliphatic carbocycles. The number of hydrogen-bond donors (Lipinski definition) is 2. The van der Waals surface area contributed by atoms with Gasteiger partial charge in [-0.05, 0) is 38.8 Å². The number of allylic oxidation sites excluding steroid dienone is 3. The Hall–Kier alpha value is -2.30. The van der Waals surface area contributed by atoms with Gasteiger partial charge in [-0.2, -0.15) is 0 Å². The standard InChI is InChI=1S/C20H30N2O3/c1-7-11-15(14(6)20(24)25-10-4)18(21-9-3)12-16-13(5)17(8-2)22-19(16)23/h8,12-13,21H,6-7,9-11H2,1-5H3,(H,22,23)/b16-12-,17-8+,18-15-. The SMILES string of the molecule is C=C(C(=O)OCC)/C(CCC)=C(/C=C1\C(=O)N/C(=C/C)C1C)NCC. The van der Waals surface area contributed by atoms with Crippen LogP contribution in [0.15, 0.2) is 46.8 Å². The van der Waals surface area contributed by atoms with E-state index in [1.165, 1.54) is 0 Å². The molecular weight excluding hydrogens is 316 g/mol. The highest BCUT2D eigenvalue weighted by Crippen LogP contribution is 2.28. The highest BCUT2D eigenvalue weighted by atomic mass is 16.5. The summed E-state index contributed by atoms with van der Waals surface area (Å²) in [5.41, 5.74) is 3.47. The van der Waals surface area contributed by atoms with Gasteiger partial charge in [-0.1, -0.05) is 32.9 Å². The van der Waals surface area contributed by atoms with E-state index in [1.54, 1.807) is 6.92 Å². The molecule has 5 nitrogen and oxygen atoms in total. The average Bonchev–Trinajstić information content (AvgIpc) is 2.86. The lowest BCUT2D eigenvalue weighted by molar-refractivity contribution is -0.138. The fourth-order valence-corrected chi connectivity index (χ4v) is 2.82. The lowest BCUT2D eigenvalue weighted by atomic mass is 9.95. The average molecular weight is 346 g/mol. The molecule has 0 aromatic heterocycles. The fourth-order valence-electron chi connectivity index (χ4n) is 2.82. The molecule has 1 fully saturated rings. The zero-order chi connectivity index (χ0) is 19.0. The van der Waals surface area contributed by atoms with Gasteiger partial charge in [0.25, 0.3) is 5.91 Å². The van der Waals surface area contributed by atoms with Gasteiger partial charge in [-0.3, -0.25) is 4.79 Å². The maximum absolute atomic E-state index is 12.3. The van der Waals surface area contributed by atoms with Crippen molar-refractivity contribution in [2.75, 3.05) is 13.2 Å². The summed E-state index contributed by atoms with van der Waals surface area (Å²) in [6, 6.07) is 0. The first-order chi connectivity index (χ1) is 11.9. The Morgan fingerprint density at radius 1 is 1.36 bits per heavy atom. The molecule has 0 radical (unpaired) electrons. The summed E-state index contributed by atoms with van der Waals surface area (Å²) in [5.74, 6) is -0.531. The summed E-state index contributed by atoms with van der Waals surface area (Å²) in [6.07, 6.45) is 5.28. The predicted octanol–water partition coefficient (Wildman–Crippen LogP) is 3.37. The number of esters is 1. The second-order valence-corrected chi connectivity index (χ2v) is 5.89. The largest absolute Gasteiger partial charge is 0.462 e. The molecule has 25 heavy (non-hydrogen) atoms. The third-order valence-electron chi connectivity index (χ3n) is 4.14. The van der Waals surface area contributed by atoms with Gasteiger partial charge in [0.2, 0.25) is 0 Å². The quantitative estimate of drug-likeness (QED) is 0.402. The molecule has 1 heterocycles. The maximum Gasteiger partial charge on any atom is 0.337 e. The summed E-state index contributed by atoms with van der Waals surface area (Å²) < 4.78 is 5.10. The molecule has 1 rings (SSSR count). The van der Waals surface area contributed by atoms with E-state index in [0.29, 0.717) is 30.7 Å². The number of ether oxygens (including phenoxy) is 1. The van der Waals surface area contributed by atoms with E-state index in [2.05, 4.69) is 17.2 Å². The van der Waals surface area contributed by atoms with Gasteiger partial charge in [-0.15, -0.1) is 0 Å². The maximum atomic E-state index is 12.3. The van der Waals surface area contributed by atoms with Crippen molar-refractivity contribution in [3.63, 3.8) is 0 Å². The van der Waals surface area contributed by atoms with Gasteiger partial charge in [0, 0.05) is 29.4 Å². The van der Waals surface area contributed by atoms with Crippen LogP contribution < -0.4 is 10.6 Å².